The molecule has 3 nitrogen and oxygen atoms in total. The summed E-state index contributed by atoms with van der Waals surface area (Å²) in [7, 11) is 0. The van der Waals surface area contributed by atoms with Crippen molar-refractivity contribution in [3.05, 3.63) is 36.3 Å². The minimum absolute atomic E-state index is 0.132. The summed E-state index contributed by atoms with van der Waals surface area (Å²) in [5.74, 6) is 0.311. The number of aryl methyl sites for hydroxylation is 1. The average molecular weight is 304 g/mol. The molecule has 4 atom stereocenters. The Hall–Kier alpha value is -1.06. The fourth-order valence-electron chi connectivity index (χ4n) is 4.99. The second kappa shape index (κ2) is 5.86. The van der Waals surface area contributed by atoms with E-state index in [0.29, 0.717) is 0 Å². The maximum absolute atomic E-state index is 11.5. The summed E-state index contributed by atoms with van der Waals surface area (Å²) in [5.41, 5.74) is 1.51. The number of fused-ring (bicyclic) bond motifs is 1. The highest BCUT2D eigenvalue weighted by atomic mass is 16.3. The predicted octanol–water partition coefficient (Wildman–Crippen LogP) is 3.71. The van der Waals surface area contributed by atoms with Gasteiger partial charge in [0.05, 0.1) is 18.1 Å². The molecule has 22 heavy (non-hydrogen) atoms. The number of aliphatic hydroxyl groups is 2. The van der Waals surface area contributed by atoms with Crippen molar-refractivity contribution in [3.63, 3.8) is 0 Å². The Morgan fingerprint density at radius 2 is 2.23 bits per heavy atom. The summed E-state index contributed by atoms with van der Waals surface area (Å²) in [4.78, 5) is 0. The van der Waals surface area contributed by atoms with Crippen LogP contribution in [0.5, 0.6) is 0 Å². The van der Waals surface area contributed by atoms with Crippen molar-refractivity contribution in [3.8, 4) is 0 Å². The van der Waals surface area contributed by atoms with E-state index in [9.17, 15) is 10.2 Å². The Balaban J connectivity index is 1.82. The number of furan rings is 1. The molecule has 0 aromatic carbocycles. The molecule has 0 amide bonds. The first-order valence-electron chi connectivity index (χ1n) is 8.51. The van der Waals surface area contributed by atoms with E-state index in [1.54, 1.807) is 12.5 Å². The first kappa shape index (κ1) is 15.8. The quantitative estimate of drug-likeness (QED) is 0.834. The van der Waals surface area contributed by atoms with E-state index >= 15 is 0 Å². The van der Waals surface area contributed by atoms with Gasteiger partial charge in [0.25, 0.3) is 0 Å². The third-order valence-electron chi connectivity index (χ3n) is 6.28. The molecule has 2 aliphatic rings. The molecule has 0 radical (unpaired) electrons. The fourth-order valence-corrected chi connectivity index (χ4v) is 4.99. The maximum atomic E-state index is 11.5. The van der Waals surface area contributed by atoms with Crippen molar-refractivity contribution >= 4 is 0 Å². The summed E-state index contributed by atoms with van der Waals surface area (Å²) >= 11 is 0. The van der Waals surface area contributed by atoms with Crippen LogP contribution in [0.15, 0.2) is 35.2 Å². The predicted molar refractivity (Wildman–Crippen MR) is 86.4 cm³/mol. The van der Waals surface area contributed by atoms with Crippen LogP contribution in [0.2, 0.25) is 0 Å². The molecule has 3 heteroatoms. The van der Waals surface area contributed by atoms with Crippen LogP contribution < -0.4 is 0 Å². The Morgan fingerprint density at radius 3 is 2.91 bits per heavy atom. The van der Waals surface area contributed by atoms with E-state index in [4.69, 9.17) is 4.42 Å². The third-order valence-corrected chi connectivity index (χ3v) is 6.28. The number of aliphatic hydroxyl groups excluding tert-OH is 1. The van der Waals surface area contributed by atoms with E-state index in [1.165, 1.54) is 11.1 Å². The van der Waals surface area contributed by atoms with Crippen LogP contribution in [-0.4, -0.2) is 22.4 Å². The second-order valence-corrected chi connectivity index (χ2v) is 7.63. The monoisotopic (exact) mass is 304 g/mol. The van der Waals surface area contributed by atoms with Crippen LogP contribution in [0.25, 0.3) is 0 Å². The smallest absolute Gasteiger partial charge is 0.0934 e. The van der Waals surface area contributed by atoms with Gasteiger partial charge in [0, 0.05) is 12.5 Å². The molecule has 2 N–H and O–H groups in total. The van der Waals surface area contributed by atoms with E-state index in [2.05, 4.69) is 13.5 Å². The lowest BCUT2D eigenvalue weighted by molar-refractivity contribution is -0.161. The lowest BCUT2D eigenvalue weighted by atomic mass is 9.51. The van der Waals surface area contributed by atoms with Gasteiger partial charge in [-0.1, -0.05) is 19.1 Å². The van der Waals surface area contributed by atoms with Crippen molar-refractivity contribution in [1.82, 2.24) is 0 Å². The first-order chi connectivity index (χ1) is 10.5. The molecule has 2 aliphatic carbocycles. The van der Waals surface area contributed by atoms with Crippen LogP contribution in [-0.2, 0) is 6.42 Å². The fraction of sp³-hybridized carbons (Fsp3) is 0.684. The highest BCUT2D eigenvalue weighted by molar-refractivity contribution is 5.19. The minimum Gasteiger partial charge on any atom is -0.472 e. The molecule has 1 unspecified atom stereocenters. The Labute approximate surface area is 133 Å². The molecule has 0 bridgehead atoms. The molecule has 0 saturated heterocycles. The standard InChI is InChI=1S/C19H28O3/c1-14-4-7-17-18(2,13-20)9-3-10-19(17,21)16(14)6-5-15-8-11-22-12-15/h8,11-12,16-17,20-21H,1,3-7,9-10,13H2,2H3/t16-,17?,18+,19-/m1/s1. The molecule has 0 aliphatic heterocycles. The zero-order valence-electron chi connectivity index (χ0n) is 13.6. The zero-order valence-corrected chi connectivity index (χ0v) is 13.6. The topological polar surface area (TPSA) is 53.6 Å². The Morgan fingerprint density at radius 1 is 1.41 bits per heavy atom. The van der Waals surface area contributed by atoms with Gasteiger partial charge < -0.3 is 14.6 Å². The molecule has 1 aromatic heterocycles. The zero-order chi connectivity index (χ0) is 15.8. The summed E-state index contributed by atoms with van der Waals surface area (Å²) in [6.07, 6.45) is 10.1. The van der Waals surface area contributed by atoms with Gasteiger partial charge >= 0.3 is 0 Å². The molecule has 1 aromatic rings. The van der Waals surface area contributed by atoms with Gasteiger partial charge in [0.2, 0.25) is 0 Å². The Kier molecular flexibility index (Phi) is 4.21. The lowest BCUT2D eigenvalue weighted by Crippen LogP contribution is -2.58. The molecular formula is C19H28O3. The number of hydrogen-bond donors (Lipinski definition) is 2. The van der Waals surface area contributed by atoms with Crippen LogP contribution in [0.1, 0.15) is 51.0 Å². The van der Waals surface area contributed by atoms with Gasteiger partial charge in [-0.15, -0.1) is 0 Å². The van der Waals surface area contributed by atoms with Gasteiger partial charge in [0.15, 0.2) is 0 Å². The summed E-state index contributed by atoms with van der Waals surface area (Å²) < 4.78 is 5.15. The first-order valence-corrected chi connectivity index (χ1v) is 8.51. The molecule has 122 valence electrons. The SMILES string of the molecule is C=C1CCC2[C@](C)(CO)CCC[C@@]2(O)[C@@H]1CCc1ccoc1. The number of hydrogen-bond acceptors (Lipinski definition) is 3. The number of rotatable bonds is 4. The van der Waals surface area contributed by atoms with Crippen LogP contribution in [0, 0.1) is 17.3 Å². The normalized spacial score (nSPS) is 38.8. The lowest BCUT2D eigenvalue weighted by Gasteiger charge is -2.57. The van der Waals surface area contributed by atoms with Crippen molar-refractivity contribution in [2.75, 3.05) is 6.61 Å². The molecule has 0 spiro atoms. The highest BCUT2D eigenvalue weighted by Crippen LogP contribution is 2.56. The summed E-state index contributed by atoms with van der Waals surface area (Å²) in [5, 5.41) is 21.4. The van der Waals surface area contributed by atoms with Gasteiger partial charge in [-0.25, -0.2) is 0 Å². The van der Waals surface area contributed by atoms with Crippen molar-refractivity contribution in [2.45, 2.75) is 57.5 Å². The van der Waals surface area contributed by atoms with Gasteiger partial charge in [-0.3, -0.25) is 0 Å². The van der Waals surface area contributed by atoms with E-state index < -0.39 is 5.60 Å². The average Bonchev–Trinajstić information content (AvgIpc) is 2.99. The van der Waals surface area contributed by atoms with Gasteiger partial charge in [-0.05, 0) is 67.9 Å². The third kappa shape index (κ3) is 2.55. The van der Waals surface area contributed by atoms with Crippen LogP contribution >= 0.6 is 0 Å². The minimum atomic E-state index is -0.700. The van der Waals surface area contributed by atoms with Gasteiger partial charge in [-0.2, -0.15) is 0 Å². The van der Waals surface area contributed by atoms with Crippen molar-refractivity contribution < 1.29 is 14.6 Å². The molecule has 1 heterocycles. The van der Waals surface area contributed by atoms with Crippen molar-refractivity contribution in [1.29, 1.82) is 0 Å². The van der Waals surface area contributed by atoms with Crippen LogP contribution in [0.3, 0.4) is 0 Å². The van der Waals surface area contributed by atoms with Crippen LogP contribution in [0.4, 0.5) is 0 Å². The maximum Gasteiger partial charge on any atom is 0.0934 e. The second-order valence-electron chi connectivity index (χ2n) is 7.63. The molecule has 3 rings (SSSR count). The highest BCUT2D eigenvalue weighted by Gasteiger charge is 2.55. The van der Waals surface area contributed by atoms with E-state index in [0.717, 1.165) is 44.9 Å². The largest absolute Gasteiger partial charge is 0.472 e. The van der Waals surface area contributed by atoms with Gasteiger partial charge in [0.1, 0.15) is 0 Å². The van der Waals surface area contributed by atoms with Crippen molar-refractivity contribution in [2.24, 2.45) is 17.3 Å². The Bertz CT molecular complexity index is 521. The molecular weight excluding hydrogens is 276 g/mol. The molecule has 2 saturated carbocycles. The van der Waals surface area contributed by atoms with E-state index in [-0.39, 0.29) is 23.9 Å². The van der Waals surface area contributed by atoms with E-state index in [1.807, 2.05) is 6.07 Å². The summed E-state index contributed by atoms with van der Waals surface area (Å²) in [6, 6.07) is 1.99. The summed E-state index contributed by atoms with van der Waals surface area (Å²) in [6.45, 7) is 6.57. The molecule has 2 fully saturated rings.